The number of hydrogen-bond acceptors (Lipinski definition) is 6. The summed E-state index contributed by atoms with van der Waals surface area (Å²) in [6.45, 7) is 0. The average Bonchev–Trinajstić information content (AvgIpc) is 3.41. The summed E-state index contributed by atoms with van der Waals surface area (Å²) in [5.74, 6) is 0.0855. The van der Waals surface area contributed by atoms with Gasteiger partial charge in [0, 0.05) is 16.9 Å². The first-order chi connectivity index (χ1) is 14.2. The number of nitrogens with zero attached hydrogens (tertiary/aromatic N) is 2. The number of hydrogen-bond donors (Lipinski definition) is 3. The predicted molar refractivity (Wildman–Crippen MR) is 111 cm³/mol. The third-order valence-electron chi connectivity index (χ3n) is 3.83. The van der Waals surface area contributed by atoms with E-state index in [0.717, 1.165) is 0 Å². The molecule has 3 N–H and O–H groups in total. The molecular weight excluding hydrogens is 390 g/mol. The fraction of sp³-hybridized carbons (Fsp3) is 0. The highest BCUT2D eigenvalue weighted by Crippen LogP contribution is 2.25. The van der Waals surface area contributed by atoms with E-state index in [9.17, 15) is 9.59 Å². The number of urea groups is 1. The summed E-state index contributed by atoms with van der Waals surface area (Å²) < 4.78 is 5.17. The van der Waals surface area contributed by atoms with Crippen LogP contribution >= 0.6 is 11.3 Å². The molecule has 29 heavy (non-hydrogen) atoms. The SMILES string of the molecule is O=C(Nc1ccccc1)Nc1ccc(C(=O)Nc2cccc(-c3nnco3)c2)s1. The molecule has 0 unspecified atom stereocenters. The number of carbonyl (C=O) groups excluding carboxylic acids is 2. The second kappa shape index (κ2) is 8.36. The van der Waals surface area contributed by atoms with Crippen LogP contribution in [0.15, 0.2) is 77.5 Å². The van der Waals surface area contributed by atoms with Crippen molar-refractivity contribution in [3.8, 4) is 11.5 Å². The van der Waals surface area contributed by atoms with Crippen molar-refractivity contribution in [1.82, 2.24) is 10.2 Å². The van der Waals surface area contributed by atoms with E-state index < -0.39 is 0 Å². The van der Waals surface area contributed by atoms with Crippen molar-refractivity contribution >= 4 is 39.7 Å². The second-order valence-corrected chi connectivity index (χ2v) is 6.97. The second-order valence-electron chi connectivity index (χ2n) is 5.89. The Labute approximate surface area is 169 Å². The highest BCUT2D eigenvalue weighted by Gasteiger charge is 2.12. The summed E-state index contributed by atoms with van der Waals surface area (Å²) in [6, 6.07) is 19.1. The van der Waals surface area contributed by atoms with Gasteiger partial charge in [-0.15, -0.1) is 21.5 Å². The van der Waals surface area contributed by atoms with Gasteiger partial charge in [0.2, 0.25) is 12.3 Å². The molecule has 4 rings (SSSR count). The van der Waals surface area contributed by atoms with Crippen molar-refractivity contribution in [2.24, 2.45) is 0 Å². The van der Waals surface area contributed by atoms with Gasteiger partial charge in [0.05, 0.1) is 9.88 Å². The Kier molecular flexibility index (Phi) is 5.30. The molecular formula is C20H15N5O3S. The summed E-state index contributed by atoms with van der Waals surface area (Å²) in [6.07, 6.45) is 1.24. The van der Waals surface area contributed by atoms with Gasteiger partial charge in [-0.25, -0.2) is 4.79 Å². The van der Waals surface area contributed by atoms with E-state index in [1.165, 1.54) is 17.7 Å². The van der Waals surface area contributed by atoms with Crippen LogP contribution in [0.25, 0.3) is 11.5 Å². The van der Waals surface area contributed by atoms with Crippen molar-refractivity contribution in [1.29, 1.82) is 0 Å². The van der Waals surface area contributed by atoms with E-state index in [2.05, 4.69) is 26.1 Å². The Morgan fingerprint density at radius 3 is 2.48 bits per heavy atom. The number of para-hydroxylation sites is 1. The largest absolute Gasteiger partial charge is 0.423 e. The van der Waals surface area contributed by atoms with Crippen LogP contribution < -0.4 is 16.0 Å². The van der Waals surface area contributed by atoms with Crippen molar-refractivity contribution in [3.05, 3.63) is 78.0 Å². The quantitative estimate of drug-likeness (QED) is 0.446. The number of benzene rings is 2. The molecule has 0 aliphatic rings. The molecule has 0 saturated carbocycles. The fourth-order valence-corrected chi connectivity index (χ4v) is 3.34. The zero-order valence-corrected chi connectivity index (χ0v) is 15.8. The Hall–Kier alpha value is -3.98. The minimum Gasteiger partial charge on any atom is -0.423 e. The van der Waals surface area contributed by atoms with Gasteiger partial charge >= 0.3 is 6.03 Å². The third kappa shape index (κ3) is 4.66. The Balaban J connectivity index is 1.38. The average molecular weight is 405 g/mol. The van der Waals surface area contributed by atoms with Gasteiger partial charge < -0.3 is 15.1 Å². The lowest BCUT2D eigenvalue weighted by molar-refractivity contribution is 0.103. The molecule has 0 radical (unpaired) electrons. The third-order valence-corrected chi connectivity index (χ3v) is 4.83. The number of carbonyl (C=O) groups is 2. The zero-order chi connectivity index (χ0) is 20.1. The number of aromatic nitrogens is 2. The van der Waals surface area contributed by atoms with Crippen LogP contribution in [0.3, 0.4) is 0 Å². The molecule has 2 aromatic heterocycles. The van der Waals surface area contributed by atoms with E-state index in [1.54, 1.807) is 42.5 Å². The van der Waals surface area contributed by atoms with Crippen molar-refractivity contribution in [2.75, 3.05) is 16.0 Å². The van der Waals surface area contributed by atoms with Gasteiger partial charge in [-0.1, -0.05) is 24.3 Å². The smallest absolute Gasteiger partial charge is 0.324 e. The maximum atomic E-state index is 12.5. The maximum absolute atomic E-state index is 12.5. The molecule has 2 heterocycles. The Morgan fingerprint density at radius 2 is 1.69 bits per heavy atom. The molecule has 0 atom stereocenters. The predicted octanol–water partition coefficient (Wildman–Crippen LogP) is 4.69. The first kappa shape index (κ1) is 18.4. The van der Waals surface area contributed by atoms with Crippen molar-refractivity contribution in [2.45, 2.75) is 0 Å². The first-order valence-electron chi connectivity index (χ1n) is 8.58. The summed E-state index contributed by atoms with van der Waals surface area (Å²) in [4.78, 5) is 25.0. The highest BCUT2D eigenvalue weighted by molar-refractivity contribution is 7.18. The molecule has 0 bridgehead atoms. The number of thiophene rings is 1. The maximum Gasteiger partial charge on any atom is 0.324 e. The first-order valence-corrected chi connectivity index (χ1v) is 9.40. The Bertz CT molecular complexity index is 1130. The number of rotatable bonds is 5. The molecule has 9 heteroatoms. The van der Waals surface area contributed by atoms with Crippen molar-refractivity contribution < 1.29 is 14.0 Å². The number of nitrogens with one attached hydrogen (secondary N) is 3. The standard InChI is InChI=1S/C20H15N5O3S/c26-18(22-15-8-4-5-13(11-15)19-25-21-12-28-19)16-9-10-17(29-16)24-20(27)23-14-6-2-1-3-7-14/h1-12H,(H,22,26)(H2,23,24,27). The monoisotopic (exact) mass is 405 g/mol. The zero-order valence-electron chi connectivity index (χ0n) is 15.0. The Morgan fingerprint density at radius 1 is 0.862 bits per heavy atom. The van der Waals surface area contributed by atoms with Gasteiger partial charge in [0.25, 0.3) is 5.91 Å². The fourth-order valence-electron chi connectivity index (χ4n) is 2.54. The topological polar surface area (TPSA) is 109 Å². The molecule has 2 aromatic carbocycles. The molecule has 0 aliphatic carbocycles. The summed E-state index contributed by atoms with van der Waals surface area (Å²) >= 11 is 1.18. The molecule has 3 amide bonds. The van der Waals surface area contributed by atoms with E-state index in [4.69, 9.17) is 4.42 Å². The van der Waals surface area contributed by atoms with Gasteiger partial charge in [-0.3, -0.25) is 10.1 Å². The van der Waals surface area contributed by atoms with Gasteiger partial charge in [0.15, 0.2) is 0 Å². The lowest BCUT2D eigenvalue weighted by Crippen LogP contribution is -2.18. The summed E-state index contributed by atoms with van der Waals surface area (Å²) in [5, 5.41) is 16.3. The van der Waals surface area contributed by atoms with E-state index >= 15 is 0 Å². The summed E-state index contributed by atoms with van der Waals surface area (Å²) in [7, 11) is 0. The summed E-state index contributed by atoms with van der Waals surface area (Å²) in [5.41, 5.74) is 1.97. The normalized spacial score (nSPS) is 10.3. The highest BCUT2D eigenvalue weighted by atomic mass is 32.1. The van der Waals surface area contributed by atoms with Crippen LogP contribution in [0.5, 0.6) is 0 Å². The lowest BCUT2D eigenvalue weighted by Gasteiger charge is -2.06. The van der Waals surface area contributed by atoms with Gasteiger partial charge in [0.1, 0.15) is 0 Å². The van der Waals surface area contributed by atoms with Crippen molar-refractivity contribution in [3.63, 3.8) is 0 Å². The molecule has 8 nitrogen and oxygen atoms in total. The van der Waals surface area contributed by atoms with Crippen LogP contribution in [0.4, 0.5) is 21.2 Å². The number of amides is 3. The van der Waals surface area contributed by atoms with Crippen LogP contribution in [0, 0.1) is 0 Å². The van der Waals surface area contributed by atoms with Crippen LogP contribution in [0.2, 0.25) is 0 Å². The van der Waals surface area contributed by atoms with Crippen LogP contribution in [-0.4, -0.2) is 22.1 Å². The van der Waals surface area contributed by atoms with E-state index in [1.807, 2.05) is 24.3 Å². The molecule has 4 aromatic rings. The van der Waals surface area contributed by atoms with Crippen LogP contribution in [-0.2, 0) is 0 Å². The molecule has 0 fully saturated rings. The minimum atomic E-state index is -0.378. The van der Waals surface area contributed by atoms with E-state index in [0.29, 0.717) is 32.7 Å². The minimum absolute atomic E-state index is 0.283. The molecule has 144 valence electrons. The van der Waals surface area contributed by atoms with E-state index in [-0.39, 0.29) is 11.9 Å². The molecule has 0 spiro atoms. The van der Waals surface area contributed by atoms with Gasteiger partial charge in [-0.2, -0.15) is 0 Å². The molecule has 0 saturated heterocycles. The van der Waals surface area contributed by atoms with Gasteiger partial charge in [-0.05, 0) is 42.5 Å². The molecule has 0 aliphatic heterocycles. The van der Waals surface area contributed by atoms with Crippen LogP contribution in [0.1, 0.15) is 9.67 Å². The number of anilines is 3. The lowest BCUT2D eigenvalue weighted by atomic mass is 10.2.